The van der Waals surface area contributed by atoms with Crippen LogP contribution in [0.4, 0.5) is 0 Å². The van der Waals surface area contributed by atoms with Crippen molar-refractivity contribution in [3.63, 3.8) is 0 Å². The Balaban J connectivity index is 2.96. The van der Waals surface area contributed by atoms with E-state index in [0.29, 0.717) is 0 Å². The minimum Gasteiger partial charge on any atom is -0.237 e. The summed E-state index contributed by atoms with van der Waals surface area (Å²) >= 11 is 5.92. The Morgan fingerprint density at radius 3 is 2.69 bits per heavy atom. The van der Waals surface area contributed by atoms with Gasteiger partial charge in [-0.05, 0) is 26.3 Å². The average molecular weight is 199 g/mol. The summed E-state index contributed by atoms with van der Waals surface area (Å²) in [6.07, 6.45) is 2.10. The summed E-state index contributed by atoms with van der Waals surface area (Å²) in [5, 5.41) is -0.101. The van der Waals surface area contributed by atoms with Crippen LogP contribution in [0, 0.1) is 6.92 Å². The topological polar surface area (TPSA) is 25.8 Å². The van der Waals surface area contributed by atoms with Crippen molar-refractivity contribution >= 4 is 11.6 Å². The Labute approximate surface area is 84.4 Å². The van der Waals surface area contributed by atoms with Gasteiger partial charge in [-0.2, -0.15) is 0 Å². The Morgan fingerprint density at radius 1 is 1.46 bits per heavy atom. The van der Waals surface area contributed by atoms with Crippen LogP contribution in [0.15, 0.2) is 6.07 Å². The van der Waals surface area contributed by atoms with Gasteiger partial charge in [-0.1, -0.05) is 13.3 Å². The number of aryl methyl sites for hydroxylation is 2. The molecule has 1 unspecified atom stereocenters. The Kier molecular flexibility index (Phi) is 3.67. The van der Waals surface area contributed by atoms with Crippen molar-refractivity contribution in [3.8, 4) is 0 Å². The van der Waals surface area contributed by atoms with E-state index in [1.54, 1.807) is 0 Å². The molecule has 13 heavy (non-hydrogen) atoms. The molecule has 0 bridgehead atoms. The molecule has 0 spiro atoms. The number of nitrogens with zero attached hydrogens (tertiary/aromatic N) is 2. The quantitative estimate of drug-likeness (QED) is 0.698. The van der Waals surface area contributed by atoms with Gasteiger partial charge in [0.25, 0.3) is 0 Å². The maximum absolute atomic E-state index is 5.92. The predicted molar refractivity (Wildman–Crippen MR) is 55.0 cm³/mol. The molecule has 1 atom stereocenters. The van der Waals surface area contributed by atoms with Gasteiger partial charge < -0.3 is 0 Å². The normalized spacial score (nSPS) is 12.9. The van der Waals surface area contributed by atoms with E-state index in [-0.39, 0.29) is 5.38 Å². The van der Waals surface area contributed by atoms with Crippen LogP contribution >= 0.6 is 11.6 Å². The minimum atomic E-state index is -0.101. The zero-order valence-electron chi connectivity index (χ0n) is 8.34. The van der Waals surface area contributed by atoms with Gasteiger partial charge in [0.05, 0.1) is 5.38 Å². The van der Waals surface area contributed by atoms with Crippen LogP contribution < -0.4 is 0 Å². The third-order valence-electron chi connectivity index (χ3n) is 1.79. The van der Waals surface area contributed by atoms with Crippen LogP contribution in [-0.2, 0) is 6.42 Å². The van der Waals surface area contributed by atoms with Crippen LogP contribution in [-0.4, -0.2) is 9.97 Å². The summed E-state index contributed by atoms with van der Waals surface area (Å²) in [7, 11) is 0. The zero-order chi connectivity index (χ0) is 9.84. The summed E-state index contributed by atoms with van der Waals surface area (Å²) in [6.45, 7) is 6.01. The first kappa shape index (κ1) is 10.5. The summed E-state index contributed by atoms with van der Waals surface area (Å²) in [5.74, 6) is 0.741. The number of hydrogen-bond acceptors (Lipinski definition) is 2. The van der Waals surface area contributed by atoms with Gasteiger partial charge in [-0.25, -0.2) is 9.97 Å². The molecule has 1 aromatic rings. The summed E-state index contributed by atoms with van der Waals surface area (Å²) in [4.78, 5) is 8.65. The highest BCUT2D eigenvalue weighted by atomic mass is 35.5. The third-order valence-corrected chi connectivity index (χ3v) is 1.98. The molecule has 0 fully saturated rings. The number of alkyl halides is 1. The van der Waals surface area contributed by atoms with E-state index in [1.807, 2.05) is 19.9 Å². The Hall–Kier alpha value is -0.630. The summed E-state index contributed by atoms with van der Waals surface area (Å²) in [5.41, 5.74) is 2.10. The first-order valence-electron chi connectivity index (χ1n) is 4.62. The van der Waals surface area contributed by atoms with E-state index >= 15 is 0 Å². The molecule has 0 aliphatic rings. The van der Waals surface area contributed by atoms with Crippen molar-refractivity contribution in [2.24, 2.45) is 0 Å². The second kappa shape index (κ2) is 4.56. The van der Waals surface area contributed by atoms with Crippen molar-refractivity contribution in [3.05, 3.63) is 23.3 Å². The van der Waals surface area contributed by atoms with Crippen molar-refractivity contribution < 1.29 is 0 Å². The second-order valence-corrected chi connectivity index (χ2v) is 3.88. The molecule has 72 valence electrons. The van der Waals surface area contributed by atoms with Gasteiger partial charge in [0.15, 0.2) is 0 Å². The van der Waals surface area contributed by atoms with Gasteiger partial charge >= 0.3 is 0 Å². The molecule has 1 heterocycles. The third kappa shape index (κ3) is 2.96. The lowest BCUT2D eigenvalue weighted by Crippen LogP contribution is -2.01. The number of hydrogen-bond donors (Lipinski definition) is 0. The van der Waals surface area contributed by atoms with Crippen LogP contribution in [0.25, 0.3) is 0 Å². The molecule has 2 nitrogen and oxygen atoms in total. The first-order valence-corrected chi connectivity index (χ1v) is 5.05. The molecule has 0 N–H and O–H groups in total. The second-order valence-electron chi connectivity index (χ2n) is 3.22. The molecule has 0 aliphatic carbocycles. The van der Waals surface area contributed by atoms with Crippen LogP contribution in [0.2, 0.25) is 0 Å². The molecule has 0 aromatic carbocycles. The maximum atomic E-state index is 5.92. The van der Waals surface area contributed by atoms with Crippen molar-refractivity contribution in [2.45, 2.75) is 39.0 Å². The van der Waals surface area contributed by atoms with Crippen LogP contribution in [0.1, 0.15) is 42.9 Å². The van der Waals surface area contributed by atoms with Gasteiger partial charge in [0, 0.05) is 11.4 Å². The van der Waals surface area contributed by atoms with Crippen molar-refractivity contribution in [1.82, 2.24) is 9.97 Å². The Bertz CT molecular complexity index is 284. The fraction of sp³-hybridized carbons (Fsp3) is 0.600. The van der Waals surface area contributed by atoms with Crippen LogP contribution in [0.5, 0.6) is 0 Å². The highest BCUT2D eigenvalue weighted by Gasteiger charge is 2.06. The van der Waals surface area contributed by atoms with Crippen LogP contribution in [0.3, 0.4) is 0 Å². The van der Waals surface area contributed by atoms with E-state index in [9.17, 15) is 0 Å². The Morgan fingerprint density at radius 2 is 2.15 bits per heavy atom. The molecule has 0 aliphatic heterocycles. The fourth-order valence-corrected chi connectivity index (χ4v) is 1.32. The lowest BCUT2D eigenvalue weighted by atomic mass is 10.2. The minimum absolute atomic E-state index is 0.101. The lowest BCUT2D eigenvalue weighted by molar-refractivity contribution is 0.813. The SMILES string of the molecule is CCCc1cc(C)nc(C(C)Cl)n1. The molecule has 3 heteroatoms. The summed E-state index contributed by atoms with van der Waals surface area (Å²) in [6, 6.07) is 2.02. The average Bonchev–Trinajstić information content (AvgIpc) is 2.03. The fourth-order valence-electron chi connectivity index (χ4n) is 1.22. The lowest BCUT2D eigenvalue weighted by Gasteiger charge is -2.05. The van der Waals surface area contributed by atoms with E-state index in [4.69, 9.17) is 11.6 Å². The number of rotatable bonds is 3. The van der Waals surface area contributed by atoms with E-state index in [2.05, 4.69) is 16.9 Å². The standard InChI is InChI=1S/C10H15ClN2/c1-4-5-9-6-7(2)12-10(13-9)8(3)11/h6,8H,4-5H2,1-3H3. The van der Waals surface area contributed by atoms with Gasteiger partial charge in [-0.15, -0.1) is 11.6 Å². The molecule has 0 saturated heterocycles. The first-order chi connectivity index (χ1) is 6.13. The molecule has 1 rings (SSSR count). The highest BCUT2D eigenvalue weighted by Crippen LogP contribution is 2.16. The highest BCUT2D eigenvalue weighted by molar-refractivity contribution is 6.20. The van der Waals surface area contributed by atoms with Crippen molar-refractivity contribution in [1.29, 1.82) is 0 Å². The monoisotopic (exact) mass is 198 g/mol. The van der Waals surface area contributed by atoms with Gasteiger partial charge in [0.2, 0.25) is 0 Å². The molecule has 0 radical (unpaired) electrons. The van der Waals surface area contributed by atoms with Crippen molar-refractivity contribution in [2.75, 3.05) is 0 Å². The van der Waals surface area contributed by atoms with E-state index < -0.39 is 0 Å². The molecule has 1 aromatic heterocycles. The zero-order valence-corrected chi connectivity index (χ0v) is 9.10. The largest absolute Gasteiger partial charge is 0.237 e. The molecule has 0 amide bonds. The maximum Gasteiger partial charge on any atom is 0.146 e. The van der Waals surface area contributed by atoms with Gasteiger partial charge in [-0.3, -0.25) is 0 Å². The number of halogens is 1. The molecule has 0 saturated carbocycles. The summed E-state index contributed by atoms with van der Waals surface area (Å²) < 4.78 is 0. The van der Waals surface area contributed by atoms with E-state index in [0.717, 1.165) is 30.1 Å². The predicted octanol–water partition coefficient (Wildman–Crippen LogP) is 3.04. The number of aromatic nitrogens is 2. The molecular weight excluding hydrogens is 184 g/mol. The van der Waals surface area contributed by atoms with Gasteiger partial charge in [0.1, 0.15) is 5.82 Å². The molecular formula is C10H15ClN2. The van der Waals surface area contributed by atoms with E-state index in [1.165, 1.54) is 0 Å². The smallest absolute Gasteiger partial charge is 0.146 e.